The van der Waals surface area contributed by atoms with E-state index in [0.717, 1.165) is 23.3 Å². The van der Waals surface area contributed by atoms with Crippen molar-refractivity contribution < 1.29 is 9.13 Å². The minimum Gasteiger partial charge on any atom is -0.494 e. The van der Waals surface area contributed by atoms with Crippen LogP contribution >= 0.6 is 0 Å². The SMILES string of the molecule is CNC(CCOc1cccc(C)c1)c1ccc(F)cc1C. The molecule has 2 rings (SSSR count). The number of halogens is 1. The molecule has 1 atom stereocenters. The summed E-state index contributed by atoms with van der Waals surface area (Å²) >= 11 is 0. The molecule has 0 saturated heterocycles. The van der Waals surface area contributed by atoms with Crippen molar-refractivity contribution in [3.05, 3.63) is 65.0 Å². The van der Waals surface area contributed by atoms with Crippen LogP contribution in [-0.4, -0.2) is 13.7 Å². The standard InChI is InChI=1S/C18H22FNO/c1-13-5-4-6-16(11-13)21-10-9-18(20-3)17-8-7-15(19)12-14(17)2/h4-8,11-12,18,20H,9-10H2,1-3H3. The van der Waals surface area contributed by atoms with Crippen molar-refractivity contribution in [3.63, 3.8) is 0 Å². The molecule has 0 radical (unpaired) electrons. The predicted molar refractivity (Wildman–Crippen MR) is 84.2 cm³/mol. The zero-order chi connectivity index (χ0) is 15.2. The summed E-state index contributed by atoms with van der Waals surface area (Å²) in [4.78, 5) is 0. The summed E-state index contributed by atoms with van der Waals surface area (Å²) in [6.45, 7) is 4.60. The molecule has 0 spiro atoms. The van der Waals surface area contributed by atoms with Gasteiger partial charge in [-0.15, -0.1) is 0 Å². The van der Waals surface area contributed by atoms with E-state index < -0.39 is 0 Å². The second kappa shape index (κ2) is 7.23. The maximum Gasteiger partial charge on any atom is 0.123 e. The number of ether oxygens (including phenoxy) is 1. The van der Waals surface area contributed by atoms with E-state index in [1.54, 1.807) is 6.07 Å². The molecule has 0 amide bonds. The van der Waals surface area contributed by atoms with Gasteiger partial charge in [-0.05, 0) is 61.9 Å². The Hall–Kier alpha value is -1.87. The van der Waals surface area contributed by atoms with E-state index in [1.807, 2.05) is 51.2 Å². The minimum absolute atomic E-state index is 0.162. The molecule has 0 fully saturated rings. The molecule has 2 aromatic rings. The first kappa shape index (κ1) is 15.5. The van der Waals surface area contributed by atoms with E-state index in [9.17, 15) is 4.39 Å². The average Bonchev–Trinajstić information content (AvgIpc) is 2.45. The summed E-state index contributed by atoms with van der Waals surface area (Å²) in [6, 6.07) is 13.1. The number of aryl methyl sites for hydroxylation is 2. The molecule has 0 aliphatic heterocycles. The van der Waals surface area contributed by atoms with Crippen LogP contribution in [0.1, 0.15) is 29.2 Å². The molecule has 0 bridgehead atoms. The fourth-order valence-electron chi connectivity index (χ4n) is 2.49. The van der Waals surface area contributed by atoms with Crippen LogP contribution in [0.25, 0.3) is 0 Å². The zero-order valence-electron chi connectivity index (χ0n) is 12.8. The van der Waals surface area contributed by atoms with Gasteiger partial charge in [0.25, 0.3) is 0 Å². The first-order valence-electron chi connectivity index (χ1n) is 7.23. The van der Waals surface area contributed by atoms with E-state index in [1.165, 1.54) is 11.6 Å². The van der Waals surface area contributed by atoms with Gasteiger partial charge in [-0.25, -0.2) is 4.39 Å². The van der Waals surface area contributed by atoms with E-state index >= 15 is 0 Å². The summed E-state index contributed by atoms with van der Waals surface area (Å²) in [5, 5.41) is 3.27. The van der Waals surface area contributed by atoms with Crippen LogP contribution in [0, 0.1) is 19.7 Å². The minimum atomic E-state index is -0.192. The summed E-state index contributed by atoms with van der Waals surface area (Å²) in [6.07, 6.45) is 0.830. The molecule has 2 aromatic carbocycles. The van der Waals surface area contributed by atoms with Crippen molar-refractivity contribution in [1.82, 2.24) is 5.32 Å². The first-order valence-corrected chi connectivity index (χ1v) is 7.23. The Balaban J connectivity index is 1.96. The topological polar surface area (TPSA) is 21.3 Å². The molecule has 0 heterocycles. The molecule has 1 unspecified atom stereocenters. The second-order valence-corrected chi connectivity index (χ2v) is 5.30. The van der Waals surface area contributed by atoms with Gasteiger partial charge in [-0.1, -0.05) is 18.2 Å². The third kappa shape index (κ3) is 4.30. The van der Waals surface area contributed by atoms with Crippen molar-refractivity contribution in [1.29, 1.82) is 0 Å². The number of benzene rings is 2. The lowest BCUT2D eigenvalue weighted by molar-refractivity contribution is 0.290. The lowest BCUT2D eigenvalue weighted by Gasteiger charge is -2.19. The summed E-state index contributed by atoms with van der Waals surface area (Å²) in [5.74, 6) is 0.697. The van der Waals surface area contributed by atoms with Crippen molar-refractivity contribution >= 4 is 0 Å². The molecule has 0 aromatic heterocycles. The Morgan fingerprint density at radius 3 is 2.62 bits per heavy atom. The lowest BCUT2D eigenvalue weighted by Crippen LogP contribution is -2.20. The quantitative estimate of drug-likeness (QED) is 0.861. The summed E-state index contributed by atoms with van der Waals surface area (Å²) < 4.78 is 19.0. The fourth-order valence-corrected chi connectivity index (χ4v) is 2.49. The molecule has 3 heteroatoms. The van der Waals surface area contributed by atoms with Crippen molar-refractivity contribution in [2.24, 2.45) is 0 Å². The van der Waals surface area contributed by atoms with Gasteiger partial charge >= 0.3 is 0 Å². The Morgan fingerprint density at radius 1 is 1.14 bits per heavy atom. The fraction of sp³-hybridized carbons (Fsp3) is 0.333. The maximum absolute atomic E-state index is 13.2. The van der Waals surface area contributed by atoms with Gasteiger partial charge in [0.05, 0.1) is 6.61 Å². The highest BCUT2D eigenvalue weighted by Crippen LogP contribution is 2.22. The number of nitrogens with one attached hydrogen (secondary N) is 1. The Bertz CT molecular complexity index is 598. The Labute approximate surface area is 126 Å². The summed E-state index contributed by atoms with van der Waals surface area (Å²) in [7, 11) is 1.92. The smallest absolute Gasteiger partial charge is 0.123 e. The van der Waals surface area contributed by atoms with E-state index in [0.29, 0.717) is 6.61 Å². The second-order valence-electron chi connectivity index (χ2n) is 5.30. The van der Waals surface area contributed by atoms with Crippen molar-refractivity contribution in [3.8, 4) is 5.75 Å². The molecular formula is C18H22FNO. The third-order valence-electron chi connectivity index (χ3n) is 3.62. The highest BCUT2D eigenvalue weighted by molar-refractivity contribution is 5.30. The van der Waals surface area contributed by atoms with Crippen LogP contribution in [-0.2, 0) is 0 Å². The van der Waals surface area contributed by atoms with Crippen molar-refractivity contribution in [2.75, 3.05) is 13.7 Å². The van der Waals surface area contributed by atoms with Gasteiger partial charge in [0.1, 0.15) is 11.6 Å². The lowest BCUT2D eigenvalue weighted by atomic mass is 9.99. The van der Waals surface area contributed by atoms with Gasteiger partial charge in [-0.3, -0.25) is 0 Å². The first-order chi connectivity index (χ1) is 10.1. The summed E-state index contributed by atoms with van der Waals surface area (Å²) in [5.41, 5.74) is 3.27. The maximum atomic E-state index is 13.2. The molecule has 112 valence electrons. The molecule has 21 heavy (non-hydrogen) atoms. The number of hydrogen-bond acceptors (Lipinski definition) is 2. The third-order valence-corrected chi connectivity index (χ3v) is 3.62. The monoisotopic (exact) mass is 287 g/mol. The van der Waals surface area contributed by atoms with Gasteiger partial charge in [0.2, 0.25) is 0 Å². The molecule has 0 saturated carbocycles. The highest BCUT2D eigenvalue weighted by atomic mass is 19.1. The molecule has 0 aliphatic carbocycles. The van der Waals surface area contributed by atoms with Crippen LogP contribution in [0.15, 0.2) is 42.5 Å². The highest BCUT2D eigenvalue weighted by Gasteiger charge is 2.12. The van der Waals surface area contributed by atoms with Crippen LogP contribution in [0.5, 0.6) is 5.75 Å². The van der Waals surface area contributed by atoms with E-state index in [4.69, 9.17) is 4.74 Å². The van der Waals surface area contributed by atoms with Gasteiger partial charge in [0.15, 0.2) is 0 Å². The van der Waals surface area contributed by atoms with Crippen LogP contribution in [0.3, 0.4) is 0 Å². The average molecular weight is 287 g/mol. The normalized spacial score (nSPS) is 12.2. The number of hydrogen-bond donors (Lipinski definition) is 1. The molecule has 0 aliphatic rings. The van der Waals surface area contributed by atoms with Crippen molar-refractivity contribution in [2.45, 2.75) is 26.3 Å². The van der Waals surface area contributed by atoms with Crippen LogP contribution < -0.4 is 10.1 Å². The van der Waals surface area contributed by atoms with Gasteiger partial charge in [-0.2, -0.15) is 0 Å². The Morgan fingerprint density at radius 2 is 1.95 bits per heavy atom. The predicted octanol–water partition coefficient (Wildman–Crippen LogP) is 4.17. The number of rotatable bonds is 6. The Kier molecular flexibility index (Phi) is 5.34. The van der Waals surface area contributed by atoms with Gasteiger partial charge < -0.3 is 10.1 Å². The van der Waals surface area contributed by atoms with E-state index in [2.05, 4.69) is 5.32 Å². The zero-order valence-corrected chi connectivity index (χ0v) is 12.8. The van der Waals surface area contributed by atoms with E-state index in [-0.39, 0.29) is 11.9 Å². The van der Waals surface area contributed by atoms with Crippen LogP contribution in [0.4, 0.5) is 4.39 Å². The van der Waals surface area contributed by atoms with Gasteiger partial charge in [0, 0.05) is 12.5 Å². The van der Waals surface area contributed by atoms with Crippen LogP contribution in [0.2, 0.25) is 0 Å². The largest absolute Gasteiger partial charge is 0.494 e. The molecule has 1 N–H and O–H groups in total. The molecule has 2 nitrogen and oxygen atoms in total. The molecular weight excluding hydrogens is 265 g/mol.